The van der Waals surface area contributed by atoms with Gasteiger partial charge in [-0.2, -0.15) is 0 Å². The van der Waals surface area contributed by atoms with Gasteiger partial charge in [-0.25, -0.2) is 13.6 Å². The third kappa shape index (κ3) is 6.83. The smallest absolute Gasteiger partial charge is 0.408 e. The van der Waals surface area contributed by atoms with Gasteiger partial charge in [0.1, 0.15) is 24.3 Å². The van der Waals surface area contributed by atoms with Crippen molar-refractivity contribution in [2.45, 2.75) is 32.6 Å². The zero-order valence-electron chi connectivity index (χ0n) is 16.2. The summed E-state index contributed by atoms with van der Waals surface area (Å²) >= 11 is 0. The van der Waals surface area contributed by atoms with Crippen molar-refractivity contribution in [3.8, 4) is 0 Å². The number of alkyl carbamates (subject to hydrolysis) is 1. The molecule has 2 aromatic rings. The van der Waals surface area contributed by atoms with Crippen LogP contribution in [0.3, 0.4) is 0 Å². The summed E-state index contributed by atoms with van der Waals surface area (Å²) < 4.78 is 31.8. The van der Waals surface area contributed by atoms with Crippen molar-refractivity contribution in [3.05, 3.63) is 71.3 Å². The van der Waals surface area contributed by atoms with Crippen molar-refractivity contribution in [2.75, 3.05) is 6.54 Å². The quantitative estimate of drug-likeness (QED) is 0.629. The number of aliphatic hydroxyl groups excluding tert-OH is 1. The van der Waals surface area contributed by atoms with Gasteiger partial charge >= 0.3 is 6.09 Å². The van der Waals surface area contributed by atoms with Crippen molar-refractivity contribution >= 4 is 12.0 Å². The zero-order valence-corrected chi connectivity index (χ0v) is 16.2. The maximum absolute atomic E-state index is 13.7. The van der Waals surface area contributed by atoms with Crippen molar-refractivity contribution in [3.63, 3.8) is 0 Å². The summed E-state index contributed by atoms with van der Waals surface area (Å²) in [5.74, 6) is -2.49. The van der Waals surface area contributed by atoms with Crippen molar-refractivity contribution in [1.82, 2.24) is 10.6 Å². The molecule has 3 N–H and O–H groups in total. The molecule has 0 saturated carbocycles. The van der Waals surface area contributed by atoms with Crippen LogP contribution >= 0.6 is 0 Å². The van der Waals surface area contributed by atoms with Crippen LogP contribution in [0.1, 0.15) is 31.1 Å². The van der Waals surface area contributed by atoms with Crippen LogP contribution in [0.4, 0.5) is 13.6 Å². The molecule has 2 atom stereocenters. The van der Waals surface area contributed by atoms with E-state index in [0.29, 0.717) is 6.07 Å². The van der Waals surface area contributed by atoms with E-state index >= 15 is 0 Å². The number of benzene rings is 2. The van der Waals surface area contributed by atoms with E-state index in [9.17, 15) is 23.5 Å². The molecule has 0 bridgehead atoms. The summed E-state index contributed by atoms with van der Waals surface area (Å²) in [4.78, 5) is 24.4. The van der Waals surface area contributed by atoms with Crippen LogP contribution in [0.15, 0.2) is 48.5 Å². The molecular formula is C21H24F2N2O4. The molecule has 0 aliphatic heterocycles. The molecule has 0 saturated heterocycles. The topological polar surface area (TPSA) is 87.7 Å². The Morgan fingerprint density at radius 3 is 2.41 bits per heavy atom. The number of hydrogen-bond donors (Lipinski definition) is 3. The molecule has 29 heavy (non-hydrogen) atoms. The van der Waals surface area contributed by atoms with Crippen LogP contribution in [0.2, 0.25) is 0 Å². The lowest BCUT2D eigenvalue weighted by Gasteiger charge is -2.22. The molecule has 0 radical (unpaired) electrons. The minimum Gasteiger partial charge on any atom is -0.445 e. The minimum absolute atomic E-state index is 0.0572. The fourth-order valence-electron chi connectivity index (χ4n) is 2.62. The highest BCUT2D eigenvalue weighted by Gasteiger charge is 2.25. The molecule has 2 rings (SSSR count). The van der Waals surface area contributed by atoms with E-state index in [-0.39, 0.29) is 24.6 Å². The first-order chi connectivity index (χ1) is 13.8. The zero-order chi connectivity index (χ0) is 21.4. The second kappa shape index (κ2) is 10.5. The van der Waals surface area contributed by atoms with Gasteiger partial charge in [0.25, 0.3) is 0 Å². The highest BCUT2D eigenvalue weighted by Crippen LogP contribution is 2.17. The molecular weight excluding hydrogens is 382 g/mol. The monoisotopic (exact) mass is 406 g/mol. The van der Waals surface area contributed by atoms with E-state index in [1.54, 1.807) is 26.0 Å². The molecule has 0 aliphatic carbocycles. The van der Waals surface area contributed by atoms with Gasteiger partial charge in [-0.05, 0) is 17.5 Å². The minimum atomic E-state index is -1.36. The van der Waals surface area contributed by atoms with Gasteiger partial charge in [0.2, 0.25) is 5.91 Å². The fraction of sp³-hybridized carbons (Fsp3) is 0.333. The Balaban J connectivity index is 1.88. The van der Waals surface area contributed by atoms with Gasteiger partial charge in [-0.15, -0.1) is 0 Å². The molecule has 0 fully saturated rings. The highest BCUT2D eigenvalue weighted by atomic mass is 19.1. The Labute approximate surface area is 167 Å². The number of aliphatic hydroxyl groups is 1. The van der Waals surface area contributed by atoms with Gasteiger partial charge in [-0.3, -0.25) is 4.79 Å². The van der Waals surface area contributed by atoms with Crippen LogP contribution in [-0.2, 0) is 16.1 Å². The second-order valence-electron chi connectivity index (χ2n) is 6.85. The number of amides is 2. The molecule has 0 aromatic heterocycles. The van der Waals surface area contributed by atoms with Gasteiger partial charge < -0.3 is 20.5 Å². The number of halogens is 2. The van der Waals surface area contributed by atoms with E-state index in [1.807, 2.05) is 18.2 Å². The van der Waals surface area contributed by atoms with Gasteiger partial charge in [0.15, 0.2) is 0 Å². The molecule has 1 unspecified atom stereocenters. The van der Waals surface area contributed by atoms with Crippen molar-refractivity contribution < 1.29 is 28.2 Å². The Morgan fingerprint density at radius 2 is 1.79 bits per heavy atom. The number of carbonyl (C=O) groups is 2. The third-order valence-electron chi connectivity index (χ3n) is 4.23. The average Bonchev–Trinajstić information content (AvgIpc) is 2.69. The summed E-state index contributed by atoms with van der Waals surface area (Å²) in [5, 5.41) is 15.0. The maximum atomic E-state index is 13.7. The van der Waals surface area contributed by atoms with E-state index in [2.05, 4.69) is 10.6 Å². The number of carbonyl (C=O) groups excluding carboxylic acids is 2. The van der Waals surface area contributed by atoms with E-state index in [0.717, 1.165) is 17.7 Å². The van der Waals surface area contributed by atoms with Crippen molar-refractivity contribution in [2.24, 2.45) is 5.92 Å². The van der Waals surface area contributed by atoms with E-state index in [1.165, 1.54) is 0 Å². The van der Waals surface area contributed by atoms with Crippen LogP contribution in [0.5, 0.6) is 0 Å². The summed E-state index contributed by atoms with van der Waals surface area (Å²) in [6, 6.07) is 10.9. The number of hydrogen-bond acceptors (Lipinski definition) is 4. The molecule has 156 valence electrons. The van der Waals surface area contributed by atoms with Crippen LogP contribution in [0.25, 0.3) is 0 Å². The summed E-state index contributed by atoms with van der Waals surface area (Å²) in [5.41, 5.74) is 0.667. The van der Waals surface area contributed by atoms with E-state index in [4.69, 9.17) is 4.74 Å². The first-order valence-corrected chi connectivity index (χ1v) is 9.16. The molecule has 8 heteroatoms. The largest absolute Gasteiger partial charge is 0.445 e. The Hall–Kier alpha value is -3.00. The molecule has 0 aliphatic rings. The summed E-state index contributed by atoms with van der Waals surface area (Å²) in [6.45, 7) is 3.22. The van der Waals surface area contributed by atoms with Crippen molar-refractivity contribution in [1.29, 1.82) is 0 Å². The van der Waals surface area contributed by atoms with Gasteiger partial charge in [-0.1, -0.05) is 50.2 Å². The van der Waals surface area contributed by atoms with Crippen LogP contribution in [0, 0.1) is 17.6 Å². The lowest BCUT2D eigenvalue weighted by atomic mass is 10.0. The molecule has 6 nitrogen and oxygen atoms in total. The van der Waals surface area contributed by atoms with Gasteiger partial charge in [0.05, 0.1) is 6.10 Å². The lowest BCUT2D eigenvalue weighted by Crippen LogP contribution is -2.50. The SMILES string of the molecule is CC(C)[C@H](NC(=O)OCc1ccccc1)C(=O)NCC(O)c1ccc(F)cc1F. The highest BCUT2D eigenvalue weighted by molar-refractivity contribution is 5.85. The normalized spacial score (nSPS) is 12.9. The number of nitrogens with one attached hydrogen (secondary N) is 2. The molecule has 2 amide bonds. The predicted octanol–water partition coefficient (Wildman–Crippen LogP) is 3.07. The Kier molecular flexibility index (Phi) is 8.09. The predicted molar refractivity (Wildman–Crippen MR) is 103 cm³/mol. The third-order valence-corrected chi connectivity index (χ3v) is 4.23. The van der Waals surface area contributed by atoms with E-state index < -0.39 is 35.8 Å². The first kappa shape index (κ1) is 22.3. The molecule has 2 aromatic carbocycles. The van der Waals surface area contributed by atoms with Crippen LogP contribution in [-0.4, -0.2) is 29.7 Å². The lowest BCUT2D eigenvalue weighted by molar-refractivity contribution is -0.124. The van der Waals surface area contributed by atoms with Crippen LogP contribution < -0.4 is 10.6 Å². The summed E-state index contributed by atoms with van der Waals surface area (Å²) in [6.07, 6.45) is -2.12. The standard InChI is InChI=1S/C21H24F2N2O4/c1-13(2)19(25-21(28)29-12-14-6-4-3-5-7-14)20(27)24-11-18(26)16-9-8-15(22)10-17(16)23/h3-10,13,18-19,26H,11-12H2,1-2H3,(H,24,27)(H,25,28)/t18?,19-/m0/s1. The number of ether oxygens (including phenoxy) is 1. The van der Waals surface area contributed by atoms with Gasteiger partial charge in [0, 0.05) is 18.2 Å². The summed E-state index contributed by atoms with van der Waals surface area (Å²) in [7, 11) is 0. The Bertz CT molecular complexity index is 831. The second-order valence-corrected chi connectivity index (χ2v) is 6.85. The molecule has 0 spiro atoms. The first-order valence-electron chi connectivity index (χ1n) is 9.16. The number of rotatable bonds is 8. The molecule has 0 heterocycles. The Morgan fingerprint density at radius 1 is 1.10 bits per heavy atom. The maximum Gasteiger partial charge on any atom is 0.408 e. The fourth-order valence-corrected chi connectivity index (χ4v) is 2.62. The average molecular weight is 406 g/mol.